The van der Waals surface area contributed by atoms with E-state index < -0.39 is 0 Å². The summed E-state index contributed by atoms with van der Waals surface area (Å²) in [6, 6.07) is 9.95. The molecule has 1 aromatic carbocycles. The number of benzene rings is 1. The lowest BCUT2D eigenvalue weighted by Crippen LogP contribution is -2.51. The molecule has 1 aromatic rings. The summed E-state index contributed by atoms with van der Waals surface area (Å²) in [5.74, 6) is 1.17. The van der Waals surface area contributed by atoms with Crippen LogP contribution in [0.3, 0.4) is 0 Å². The molecule has 3 aliphatic rings. The zero-order valence-corrected chi connectivity index (χ0v) is 14.8. The molecule has 1 aliphatic carbocycles. The highest BCUT2D eigenvalue weighted by molar-refractivity contribution is 5.83. The normalized spacial score (nSPS) is 25.3. The van der Waals surface area contributed by atoms with Crippen LogP contribution in [0.1, 0.15) is 37.3 Å². The summed E-state index contributed by atoms with van der Waals surface area (Å²) in [5, 5.41) is 8.89. The van der Waals surface area contributed by atoms with Gasteiger partial charge in [0.05, 0.1) is 25.1 Å². The average molecular weight is 353 g/mol. The van der Waals surface area contributed by atoms with Gasteiger partial charge >= 0.3 is 0 Å². The van der Waals surface area contributed by atoms with Crippen molar-refractivity contribution in [1.29, 1.82) is 5.26 Å². The molecule has 2 heterocycles. The minimum atomic E-state index is -0.0641. The molecule has 6 heteroatoms. The van der Waals surface area contributed by atoms with Gasteiger partial charge < -0.3 is 14.5 Å². The molecule has 2 fully saturated rings. The molecule has 0 spiro atoms. The van der Waals surface area contributed by atoms with Crippen LogP contribution in [-0.4, -0.2) is 47.9 Å². The predicted octanol–water partition coefficient (Wildman–Crippen LogP) is 2.12. The Labute approximate surface area is 153 Å². The molecule has 0 N–H and O–H groups in total. The average Bonchev–Trinajstić information content (AvgIpc) is 3.49. The monoisotopic (exact) mass is 353 g/mol. The highest BCUT2D eigenvalue weighted by Crippen LogP contribution is 2.43. The Kier molecular flexibility index (Phi) is 4.54. The maximum absolute atomic E-state index is 13.0. The maximum Gasteiger partial charge on any atom is 0.226 e. The van der Waals surface area contributed by atoms with Gasteiger partial charge in [-0.05, 0) is 18.9 Å². The first-order chi connectivity index (χ1) is 12.7. The molecule has 0 radical (unpaired) electrons. The number of ether oxygens (including phenoxy) is 1. The fraction of sp³-hybridized carbons (Fsp3) is 0.550. The number of hydrogen-bond acceptors (Lipinski definition) is 4. The SMILES string of the molecule is N#CCCN1C[C@H]2COc3ccccc3[C@H]2N(C(=O)C2CC2)CCC1=O. The third-order valence-corrected chi connectivity index (χ3v) is 5.55. The van der Waals surface area contributed by atoms with Crippen molar-refractivity contribution < 1.29 is 14.3 Å². The Morgan fingerprint density at radius 3 is 2.88 bits per heavy atom. The van der Waals surface area contributed by atoms with Gasteiger partial charge in [-0.1, -0.05) is 18.2 Å². The van der Waals surface area contributed by atoms with Crippen molar-refractivity contribution in [3.8, 4) is 11.8 Å². The van der Waals surface area contributed by atoms with Crippen LogP contribution in [0.4, 0.5) is 0 Å². The number of fused-ring (bicyclic) bond motifs is 3. The standard InChI is InChI=1S/C20H23N3O3/c21-9-3-10-22-12-15-13-26-17-5-2-1-4-16(17)19(15)23(11-8-18(22)24)20(25)14-6-7-14/h1-2,4-5,14-15,19H,3,6-8,10-13H2/t15-,19-/m0/s1. The van der Waals surface area contributed by atoms with Crippen molar-refractivity contribution in [3.05, 3.63) is 29.8 Å². The molecule has 6 nitrogen and oxygen atoms in total. The highest BCUT2D eigenvalue weighted by Gasteiger charge is 2.44. The third-order valence-electron chi connectivity index (χ3n) is 5.55. The Balaban J connectivity index is 1.68. The van der Waals surface area contributed by atoms with E-state index in [-0.39, 0.29) is 29.7 Å². The van der Waals surface area contributed by atoms with Gasteiger partial charge in [0.25, 0.3) is 0 Å². The topological polar surface area (TPSA) is 73.6 Å². The molecule has 2 atom stereocenters. The highest BCUT2D eigenvalue weighted by atomic mass is 16.5. The van der Waals surface area contributed by atoms with Crippen LogP contribution < -0.4 is 4.74 Å². The number of rotatable bonds is 3. The summed E-state index contributed by atoms with van der Waals surface area (Å²) < 4.78 is 5.94. The van der Waals surface area contributed by atoms with Gasteiger partial charge in [0.15, 0.2) is 0 Å². The minimum Gasteiger partial charge on any atom is -0.493 e. The quantitative estimate of drug-likeness (QED) is 0.834. The lowest BCUT2D eigenvalue weighted by Gasteiger charge is -2.44. The predicted molar refractivity (Wildman–Crippen MR) is 94.0 cm³/mol. The van der Waals surface area contributed by atoms with E-state index in [2.05, 4.69) is 6.07 Å². The molecule has 0 unspecified atom stereocenters. The molecule has 2 aliphatic heterocycles. The number of carbonyl (C=O) groups excluding carboxylic acids is 2. The molecule has 26 heavy (non-hydrogen) atoms. The van der Waals surface area contributed by atoms with Crippen molar-refractivity contribution in [3.63, 3.8) is 0 Å². The van der Waals surface area contributed by atoms with E-state index in [4.69, 9.17) is 10.00 Å². The summed E-state index contributed by atoms with van der Waals surface area (Å²) in [7, 11) is 0. The van der Waals surface area contributed by atoms with Crippen molar-refractivity contribution in [2.75, 3.05) is 26.2 Å². The van der Waals surface area contributed by atoms with Crippen LogP contribution in [0.25, 0.3) is 0 Å². The fourth-order valence-electron chi connectivity index (χ4n) is 4.08. The van der Waals surface area contributed by atoms with Gasteiger partial charge in [-0.2, -0.15) is 5.26 Å². The minimum absolute atomic E-state index is 0.0196. The smallest absolute Gasteiger partial charge is 0.226 e. The van der Waals surface area contributed by atoms with Crippen molar-refractivity contribution >= 4 is 11.8 Å². The van der Waals surface area contributed by atoms with Gasteiger partial charge in [-0.15, -0.1) is 0 Å². The van der Waals surface area contributed by atoms with Crippen molar-refractivity contribution in [1.82, 2.24) is 9.80 Å². The van der Waals surface area contributed by atoms with Crippen LogP contribution >= 0.6 is 0 Å². The second-order valence-corrected chi connectivity index (χ2v) is 7.36. The van der Waals surface area contributed by atoms with E-state index in [0.717, 1.165) is 24.2 Å². The lowest BCUT2D eigenvalue weighted by atomic mass is 9.87. The molecule has 1 saturated heterocycles. The molecule has 2 amide bonds. The van der Waals surface area contributed by atoms with E-state index in [9.17, 15) is 9.59 Å². The fourth-order valence-corrected chi connectivity index (χ4v) is 4.08. The van der Waals surface area contributed by atoms with Gasteiger partial charge in [0.2, 0.25) is 11.8 Å². The Bertz CT molecular complexity index is 753. The number of para-hydroxylation sites is 1. The van der Waals surface area contributed by atoms with E-state index >= 15 is 0 Å². The second-order valence-electron chi connectivity index (χ2n) is 7.36. The van der Waals surface area contributed by atoms with Gasteiger partial charge in [-0.3, -0.25) is 9.59 Å². The van der Waals surface area contributed by atoms with Crippen molar-refractivity contribution in [2.24, 2.45) is 11.8 Å². The van der Waals surface area contributed by atoms with Crippen LogP contribution in [0.15, 0.2) is 24.3 Å². The number of amides is 2. The largest absolute Gasteiger partial charge is 0.493 e. The van der Waals surface area contributed by atoms with E-state index in [0.29, 0.717) is 39.1 Å². The summed E-state index contributed by atoms with van der Waals surface area (Å²) in [6.07, 6.45) is 2.54. The Morgan fingerprint density at radius 2 is 2.12 bits per heavy atom. The van der Waals surface area contributed by atoms with Crippen LogP contribution in [0.2, 0.25) is 0 Å². The molecule has 0 bridgehead atoms. The van der Waals surface area contributed by atoms with Crippen LogP contribution in [0.5, 0.6) is 5.75 Å². The molecule has 1 saturated carbocycles. The number of nitriles is 1. The van der Waals surface area contributed by atoms with E-state index in [1.54, 1.807) is 4.90 Å². The first-order valence-electron chi connectivity index (χ1n) is 9.36. The first-order valence-corrected chi connectivity index (χ1v) is 9.36. The first kappa shape index (κ1) is 16.9. The summed E-state index contributed by atoms with van der Waals surface area (Å²) in [5.41, 5.74) is 1.03. The van der Waals surface area contributed by atoms with E-state index in [1.807, 2.05) is 29.2 Å². The lowest BCUT2D eigenvalue weighted by molar-refractivity contribution is -0.143. The number of carbonyl (C=O) groups is 2. The molecule has 0 aromatic heterocycles. The second kappa shape index (κ2) is 6.99. The molecule has 136 valence electrons. The zero-order chi connectivity index (χ0) is 18.1. The summed E-state index contributed by atoms with van der Waals surface area (Å²) in [6.45, 7) is 1.88. The molecule has 4 rings (SSSR count). The van der Waals surface area contributed by atoms with Crippen LogP contribution in [0, 0.1) is 23.2 Å². The number of nitrogens with zero attached hydrogens (tertiary/aromatic N) is 3. The Hall–Kier alpha value is -2.55. The molecular weight excluding hydrogens is 330 g/mol. The van der Waals surface area contributed by atoms with E-state index in [1.165, 1.54) is 0 Å². The summed E-state index contributed by atoms with van der Waals surface area (Å²) >= 11 is 0. The van der Waals surface area contributed by atoms with Crippen LogP contribution in [-0.2, 0) is 9.59 Å². The summed E-state index contributed by atoms with van der Waals surface area (Å²) in [4.78, 5) is 29.3. The third kappa shape index (κ3) is 3.14. The van der Waals surface area contributed by atoms with Crippen molar-refractivity contribution in [2.45, 2.75) is 31.7 Å². The van der Waals surface area contributed by atoms with Gasteiger partial charge in [0, 0.05) is 43.5 Å². The maximum atomic E-state index is 13.0. The molecular formula is C20H23N3O3. The number of hydrogen-bond donors (Lipinski definition) is 0. The Morgan fingerprint density at radius 1 is 1.31 bits per heavy atom. The van der Waals surface area contributed by atoms with Gasteiger partial charge in [0.1, 0.15) is 5.75 Å². The van der Waals surface area contributed by atoms with Gasteiger partial charge in [-0.25, -0.2) is 0 Å². The zero-order valence-electron chi connectivity index (χ0n) is 14.8.